The van der Waals surface area contributed by atoms with Gasteiger partial charge >= 0.3 is 0 Å². The molecule has 5 nitrogen and oxygen atoms in total. The number of aryl methyl sites for hydroxylation is 3. The molecule has 0 unspecified atom stereocenters. The third-order valence-electron chi connectivity index (χ3n) is 2.40. The van der Waals surface area contributed by atoms with E-state index in [4.69, 9.17) is 4.52 Å². The van der Waals surface area contributed by atoms with Crippen LogP contribution in [0.4, 0.5) is 5.95 Å². The quantitative estimate of drug-likeness (QED) is 0.853. The molecule has 0 amide bonds. The van der Waals surface area contributed by atoms with Crippen molar-refractivity contribution in [3.8, 4) is 0 Å². The predicted molar refractivity (Wildman–Crippen MR) is 60.1 cm³/mol. The number of aromatic nitrogens is 3. The lowest BCUT2D eigenvalue weighted by atomic mass is 10.2. The highest BCUT2D eigenvalue weighted by atomic mass is 16.5. The predicted octanol–water partition coefficient (Wildman–Crippen LogP) is 2.00. The van der Waals surface area contributed by atoms with Gasteiger partial charge in [0.1, 0.15) is 5.76 Å². The lowest BCUT2D eigenvalue weighted by Gasteiger charge is -2.04. The van der Waals surface area contributed by atoms with Crippen LogP contribution in [0.25, 0.3) is 0 Å². The highest BCUT2D eigenvalue weighted by Crippen LogP contribution is 2.13. The first-order chi connectivity index (χ1) is 7.66. The van der Waals surface area contributed by atoms with Gasteiger partial charge in [0.05, 0.1) is 5.69 Å². The van der Waals surface area contributed by atoms with E-state index in [9.17, 15) is 0 Å². The summed E-state index contributed by atoms with van der Waals surface area (Å²) in [6.07, 6.45) is 1.73. The molecule has 0 bridgehead atoms. The fourth-order valence-electron chi connectivity index (χ4n) is 1.46. The molecule has 0 fully saturated rings. The Morgan fingerprint density at radius 2 is 2.12 bits per heavy atom. The van der Waals surface area contributed by atoms with Crippen LogP contribution in [0.3, 0.4) is 0 Å². The zero-order chi connectivity index (χ0) is 11.5. The lowest BCUT2D eigenvalue weighted by molar-refractivity contribution is 0.392. The van der Waals surface area contributed by atoms with E-state index in [0.29, 0.717) is 12.5 Å². The molecule has 0 aliphatic rings. The summed E-state index contributed by atoms with van der Waals surface area (Å²) in [5.74, 6) is 1.46. The zero-order valence-corrected chi connectivity index (χ0v) is 9.61. The minimum Gasteiger partial charge on any atom is -0.361 e. The van der Waals surface area contributed by atoms with Crippen molar-refractivity contribution in [3.63, 3.8) is 0 Å². The number of hydrogen-bond donors (Lipinski definition) is 1. The third-order valence-corrected chi connectivity index (χ3v) is 2.40. The molecule has 0 saturated heterocycles. The molecular formula is C11H14N4O. The van der Waals surface area contributed by atoms with Gasteiger partial charge < -0.3 is 9.84 Å². The molecular weight excluding hydrogens is 204 g/mol. The average molecular weight is 218 g/mol. The molecule has 0 aliphatic heterocycles. The lowest BCUT2D eigenvalue weighted by Crippen LogP contribution is -2.05. The first-order valence-electron chi connectivity index (χ1n) is 5.12. The molecule has 0 radical (unpaired) electrons. The molecule has 2 aromatic heterocycles. The van der Waals surface area contributed by atoms with Crippen LogP contribution in [0, 0.1) is 20.8 Å². The first kappa shape index (κ1) is 10.6. The van der Waals surface area contributed by atoms with Gasteiger partial charge in [-0.3, -0.25) is 0 Å². The molecule has 2 rings (SSSR count). The summed E-state index contributed by atoms with van der Waals surface area (Å²) in [7, 11) is 0. The van der Waals surface area contributed by atoms with Gasteiger partial charge in [0, 0.05) is 24.0 Å². The topological polar surface area (TPSA) is 63.8 Å². The SMILES string of the molecule is Cc1ccnc(NCc2c(C)noc2C)n1. The Balaban J connectivity index is 2.08. The molecule has 0 atom stereocenters. The normalized spacial score (nSPS) is 10.4. The van der Waals surface area contributed by atoms with Crippen molar-refractivity contribution in [1.29, 1.82) is 0 Å². The largest absolute Gasteiger partial charge is 0.361 e. The van der Waals surface area contributed by atoms with E-state index >= 15 is 0 Å². The summed E-state index contributed by atoms with van der Waals surface area (Å²) in [5, 5.41) is 7.04. The molecule has 2 aromatic rings. The van der Waals surface area contributed by atoms with Crippen molar-refractivity contribution >= 4 is 5.95 Å². The maximum absolute atomic E-state index is 5.08. The number of rotatable bonds is 3. The Bertz CT molecular complexity index is 473. The minimum atomic E-state index is 0.625. The van der Waals surface area contributed by atoms with Gasteiger partial charge in [-0.05, 0) is 26.8 Å². The van der Waals surface area contributed by atoms with E-state index in [1.54, 1.807) is 6.20 Å². The van der Waals surface area contributed by atoms with E-state index in [2.05, 4.69) is 20.4 Å². The van der Waals surface area contributed by atoms with Crippen LogP contribution in [0.5, 0.6) is 0 Å². The van der Waals surface area contributed by atoms with Crippen molar-refractivity contribution in [2.24, 2.45) is 0 Å². The molecule has 2 heterocycles. The van der Waals surface area contributed by atoms with Gasteiger partial charge in [0.25, 0.3) is 0 Å². The van der Waals surface area contributed by atoms with E-state index < -0.39 is 0 Å². The van der Waals surface area contributed by atoms with Gasteiger partial charge in [-0.15, -0.1) is 0 Å². The second-order valence-electron chi connectivity index (χ2n) is 3.68. The monoisotopic (exact) mass is 218 g/mol. The summed E-state index contributed by atoms with van der Waals surface area (Å²) >= 11 is 0. The highest BCUT2D eigenvalue weighted by Gasteiger charge is 2.08. The van der Waals surface area contributed by atoms with Crippen molar-refractivity contribution < 1.29 is 4.52 Å². The number of nitrogens with zero attached hydrogens (tertiary/aromatic N) is 3. The van der Waals surface area contributed by atoms with Crippen molar-refractivity contribution in [1.82, 2.24) is 15.1 Å². The van der Waals surface area contributed by atoms with Gasteiger partial charge in [0.15, 0.2) is 0 Å². The average Bonchev–Trinajstić information content (AvgIpc) is 2.56. The van der Waals surface area contributed by atoms with Crippen LogP contribution in [-0.4, -0.2) is 15.1 Å². The molecule has 84 valence electrons. The Hall–Kier alpha value is -1.91. The van der Waals surface area contributed by atoms with Crippen LogP contribution in [0.1, 0.15) is 22.7 Å². The smallest absolute Gasteiger partial charge is 0.223 e. The van der Waals surface area contributed by atoms with Gasteiger partial charge in [-0.1, -0.05) is 5.16 Å². The van der Waals surface area contributed by atoms with Crippen molar-refractivity contribution in [2.75, 3.05) is 5.32 Å². The third kappa shape index (κ3) is 2.18. The number of hydrogen-bond acceptors (Lipinski definition) is 5. The van der Waals surface area contributed by atoms with Crippen LogP contribution in [0.15, 0.2) is 16.8 Å². The summed E-state index contributed by atoms with van der Waals surface area (Å²) in [5.41, 5.74) is 2.90. The molecule has 1 N–H and O–H groups in total. The second-order valence-corrected chi connectivity index (χ2v) is 3.68. The van der Waals surface area contributed by atoms with E-state index in [0.717, 1.165) is 22.7 Å². The van der Waals surface area contributed by atoms with E-state index in [-0.39, 0.29) is 0 Å². The Labute approximate surface area is 93.9 Å². The molecule has 0 aliphatic carbocycles. The van der Waals surface area contributed by atoms with Crippen LogP contribution < -0.4 is 5.32 Å². The number of anilines is 1. The van der Waals surface area contributed by atoms with Gasteiger partial charge in [-0.2, -0.15) is 0 Å². The first-order valence-corrected chi connectivity index (χ1v) is 5.12. The summed E-state index contributed by atoms with van der Waals surface area (Å²) in [6, 6.07) is 1.86. The standard InChI is InChI=1S/C11H14N4O/c1-7-4-5-12-11(14-7)13-6-10-8(2)15-16-9(10)3/h4-5H,6H2,1-3H3,(H,12,13,14). The van der Waals surface area contributed by atoms with Crippen LogP contribution >= 0.6 is 0 Å². The molecule has 0 aromatic carbocycles. The van der Waals surface area contributed by atoms with Gasteiger partial charge in [-0.25, -0.2) is 9.97 Å². The summed E-state index contributed by atoms with van der Waals surface area (Å²) < 4.78 is 5.08. The molecule has 0 spiro atoms. The highest BCUT2D eigenvalue weighted by molar-refractivity contribution is 5.30. The zero-order valence-electron chi connectivity index (χ0n) is 9.61. The Morgan fingerprint density at radius 3 is 2.75 bits per heavy atom. The Kier molecular flexibility index (Phi) is 2.85. The maximum atomic E-state index is 5.08. The summed E-state index contributed by atoms with van der Waals surface area (Å²) in [4.78, 5) is 8.38. The van der Waals surface area contributed by atoms with Crippen molar-refractivity contribution in [3.05, 3.63) is 35.0 Å². The summed E-state index contributed by atoms with van der Waals surface area (Å²) in [6.45, 7) is 6.38. The van der Waals surface area contributed by atoms with Crippen molar-refractivity contribution in [2.45, 2.75) is 27.3 Å². The Morgan fingerprint density at radius 1 is 1.31 bits per heavy atom. The van der Waals surface area contributed by atoms with E-state index in [1.165, 1.54) is 0 Å². The fraction of sp³-hybridized carbons (Fsp3) is 0.364. The minimum absolute atomic E-state index is 0.625. The molecule has 16 heavy (non-hydrogen) atoms. The number of nitrogens with one attached hydrogen (secondary N) is 1. The van der Waals surface area contributed by atoms with Crippen LogP contribution in [0.2, 0.25) is 0 Å². The molecule has 5 heteroatoms. The van der Waals surface area contributed by atoms with Crippen LogP contribution in [-0.2, 0) is 6.54 Å². The molecule has 0 saturated carbocycles. The van der Waals surface area contributed by atoms with Gasteiger partial charge in [0.2, 0.25) is 5.95 Å². The second kappa shape index (κ2) is 4.30. The fourth-order valence-corrected chi connectivity index (χ4v) is 1.46. The van der Waals surface area contributed by atoms with E-state index in [1.807, 2.05) is 26.8 Å². The maximum Gasteiger partial charge on any atom is 0.223 e.